The van der Waals surface area contributed by atoms with Crippen LogP contribution in [-0.2, 0) is 9.59 Å². The minimum Gasteiger partial charge on any atom is -0.274 e. The number of imide groups is 1. The van der Waals surface area contributed by atoms with Gasteiger partial charge in [-0.3, -0.25) is 24.6 Å². The second-order valence-corrected chi connectivity index (χ2v) is 9.98. The molecule has 0 radical (unpaired) electrons. The normalized spacial score (nSPS) is 32.7. The second-order valence-electron chi connectivity index (χ2n) is 7.87. The van der Waals surface area contributed by atoms with Crippen LogP contribution in [0.3, 0.4) is 0 Å². The van der Waals surface area contributed by atoms with Crippen LogP contribution in [0, 0.1) is 33.8 Å². The molecule has 6 nitrogen and oxygen atoms in total. The van der Waals surface area contributed by atoms with Crippen LogP contribution in [0.1, 0.15) is 6.42 Å². The third-order valence-electron chi connectivity index (χ3n) is 6.52. The molecular weight excluding hydrogens is 504 g/mol. The van der Waals surface area contributed by atoms with Gasteiger partial charge in [0.1, 0.15) is 0 Å². The van der Waals surface area contributed by atoms with Gasteiger partial charge in [0, 0.05) is 21.8 Å². The highest BCUT2D eigenvalue weighted by atomic mass is 79.9. The number of amides is 2. The molecule has 148 valence electrons. The van der Waals surface area contributed by atoms with E-state index in [4.69, 9.17) is 0 Å². The fourth-order valence-electron chi connectivity index (χ4n) is 5.18. The van der Waals surface area contributed by atoms with Gasteiger partial charge >= 0.3 is 0 Å². The number of nitro benzene ring substituents is 1. The lowest BCUT2D eigenvalue weighted by atomic mass is 9.81. The summed E-state index contributed by atoms with van der Waals surface area (Å²) in [5.74, 6) is -0.288. The SMILES string of the molecule is O=C1[C@@H]2[C@H]3C[C@@H]([C@H](Br)[C@@H]3Br)[C@@H]2C(=O)N1c1ccc(-c2ccc([N+](=O)[O-])cc2)cc1. The van der Waals surface area contributed by atoms with Gasteiger partial charge in [0.05, 0.1) is 22.4 Å². The van der Waals surface area contributed by atoms with Crippen molar-refractivity contribution in [3.63, 3.8) is 0 Å². The fourth-order valence-corrected chi connectivity index (χ4v) is 7.06. The van der Waals surface area contributed by atoms with E-state index in [1.807, 2.05) is 12.1 Å². The highest BCUT2D eigenvalue weighted by Gasteiger charge is 2.66. The number of hydrogen-bond donors (Lipinski definition) is 0. The van der Waals surface area contributed by atoms with E-state index in [-0.39, 0.29) is 50.8 Å². The summed E-state index contributed by atoms with van der Waals surface area (Å²) in [6.45, 7) is 0. The Hall–Kier alpha value is -2.06. The molecule has 2 aromatic carbocycles. The van der Waals surface area contributed by atoms with Gasteiger partial charge in [-0.15, -0.1) is 0 Å². The molecule has 0 unspecified atom stereocenters. The number of anilines is 1. The van der Waals surface area contributed by atoms with Gasteiger partial charge in [-0.25, -0.2) is 0 Å². The zero-order valence-corrected chi connectivity index (χ0v) is 18.2. The molecule has 2 bridgehead atoms. The van der Waals surface area contributed by atoms with Gasteiger partial charge in [0.2, 0.25) is 11.8 Å². The number of benzene rings is 2. The molecule has 2 amide bonds. The second kappa shape index (κ2) is 6.74. The molecule has 5 rings (SSSR count). The molecular formula is C21H16Br2N2O4. The van der Waals surface area contributed by atoms with Crippen LogP contribution in [0.4, 0.5) is 11.4 Å². The first-order valence-corrected chi connectivity index (χ1v) is 11.2. The summed E-state index contributed by atoms with van der Waals surface area (Å²) in [4.78, 5) is 38.4. The highest BCUT2D eigenvalue weighted by Crippen LogP contribution is 2.60. The first-order valence-electron chi connectivity index (χ1n) is 9.39. The van der Waals surface area contributed by atoms with Crippen LogP contribution >= 0.6 is 31.9 Å². The Morgan fingerprint density at radius 3 is 1.72 bits per heavy atom. The predicted octanol–water partition coefficient (Wildman–Crippen LogP) is 4.54. The number of nitrogens with zero attached hydrogens (tertiary/aromatic N) is 2. The molecule has 29 heavy (non-hydrogen) atoms. The minimum atomic E-state index is -0.434. The summed E-state index contributed by atoms with van der Waals surface area (Å²) in [5.41, 5.74) is 2.32. The zero-order valence-electron chi connectivity index (χ0n) is 15.1. The molecule has 0 spiro atoms. The van der Waals surface area contributed by atoms with E-state index in [0.29, 0.717) is 5.69 Å². The summed E-state index contributed by atoms with van der Waals surface area (Å²) in [6.07, 6.45) is 0.908. The number of fused-ring (bicyclic) bond motifs is 5. The Bertz CT molecular complexity index is 992. The summed E-state index contributed by atoms with van der Waals surface area (Å²) in [6, 6.07) is 13.5. The van der Waals surface area contributed by atoms with E-state index < -0.39 is 4.92 Å². The lowest BCUT2D eigenvalue weighted by molar-refractivity contribution is -0.384. The summed E-state index contributed by atoms with van der Waals surface area (Å²) in [5, 5.41) is 10.8. The molecule has 1 aliphatic heterocycles. The number of alkyl halides is 2. The molecule has 3 aliphatic rings. The van der Waals surface area contributed by atoms with Crippen molar-refractivity contribution in [2.75, 3.05) is 4.90 Å². The zero-order chi connectivity index (χ0) is 20.4. The van der Waals surface area contributed by atoms with Gasteiger partial charge < -0.3 is 0 Å². The van der Waals surface area contributed by atoms with Crippen molar-refractivity contribution in [2.24, 2.45) is 23.7 Å². The van der Waals surface area contributed by atoms with E-state index in [1.165, 1.54) is 17.0 Å². The average molecular weight is 520 g/mol. The van der Waals surface area contributed by atoms with Gasteiger partial charge in [0.15, 0.2) is 0 Å². The van der Waals surface area contributed by atoms with Crippen LogP contribution < -0.4 is 4.90 Å². The Morgan fingerprint density at radius 1 is 0.828 bits per heavy atom. The van der Waals surface area contributed by atoms with Crippen LogP contribution in [0.25, 0.3) is 11.1 Å². The maximum absolute atomic E-state index is 13.1. The van der Waals surface area contributed by atoms with Gasteiger partial charge in [-0.1, -0.05) is 44.0 Å². The van der Waals surface area contributed by atoms with Crippen LogP contribution in [-0.4, -0.2) is 26.4 Å². The monoisotopic (exact) mass is 518 g/mol. The van der Waals surface area contributed by atoms with Crippen molar-refractivity contribution in [3.05, 3.63) is 58.6 Å². The molecule has 8 heteroatoms. The maximum Gasteiger partial charge on any atom is 0.269 e. The van der Waals surface area contributed by atoms with Gasteiger partial charge in [-0.05, 0) is 53.6 Å². The first kappa shape index (κ1) is 18.9. The molecule has 2 saturated carbocycles. The molecule has 1 heterocycles. The standard InChI is InChI=1S/C21H16Br2N2O4/c22-18-14-9-15(19(18)23)17-16(14)20(26)24(21(17)27)12-5-1-10(2-6-12)11-3-7-13(8-4-11)25(28)29/h1-8,14-19H,9H2/t14-,15-,16-,17+,18-,19+/m1/s1. The quantitative estimate of drug-likeness (QED) is 0.258. The van der Waals surface area contributed by atoms with E-state index >= 15 is 0 Å². The van der Waals surface area contributed by atoms with E-state index in [9.17, 15) is 19.7 Å². The molecule has 0 aromatic heterocycles. The molecule has 6 atom stereocenters. The van der Waals surface area contributed by atoms with Gasteiger partial charge in [0.25, 0.3) is 5.69 Å². The van der Waals surface area contributed by atoms with Gasteiger partial charge in [-0.2, -0.15) is 0 Å². The number of non-ortho nitro benzene ring substituents is 1. The molecule has 3 fully saturated rings. The van der Waals surface area contributed by atoms with Crippen molar-refractivity contribution < 1.29 is 14.5 Å². The number of carbonyl (C=O) groups excluding carboxylic acids is 2. The third kappa shape index (κ3) is 2.72. The maximum atomic E-state index is 13.1. The largest absolute Gasteiger partial charge is 0.274 e. The van der Waals surface area contributed by atoms with Crippen LogP contribution in [0.2, 0.25) is 0 Å². The highest BCUT2D eigenvalue weighted by molar-refractivity contribution is 9.12. The Labute approximate surface area is 183 Å². The van der Waals surface area contributed by atoms with E-state index in [2.05, 4.69) is 31.9 Å². The molecule has 0 N–H and O–H groups in total. The molecule has 1 saturated heterocycles. The average Bonchev–Trinajstić information content (AvgIpc) is 3.33. The third-order valence-corrected chi connectivity index (χ3v) is 9.73. The van der Waals surface area contributed by atoms with Crippen LogP contribution in [0.5, 0.6) is 0 Å². The van der Waals surface area contributed by atoms with Crippen molar-refractivity contribution in [1.82, 2.24) is 0 Å². The van der Waals surface area contributed by atoms with Crippen molar-refractivity contribution in [1.29, 1.82) is 0 Å². The fraction of sp³-hybridized carbons (Fsp3) is 0.333. The van der Waals surface area contributed by atoms with Crippen LogP contribution in [0.15, 0.2) is 48.5 Å². The summed E-state index contributed by atoms with van der Waals surface area (Å²) >= 11 is 7.40. The van der Waals surface area contributed by atoms with Crippen molar-refractivity contribution >= 4 is 55.0 Å². The first-order chi connectivity index (χ1) is 13.9. The summed E-state index contributed by atoms with van der Waals surface area (Å²) < 4.78 is 0. The minimum absolute atomic E-state index is 0.0370. The Morgan fingerprint density at radius 2 is 1.28 bits per heavy atom. The van der Waals surface area contributed by atoms with Crippen molar-refractivity contribution in [2.45, 2.75) is 16.1 Å². The Balaban J connectivity index is 1.41. The number of nitro groups is 1. The predicted molar refractivity (Wildman–Crippen MR) is 115 cm³/mol. The lowest BCUT2D eigenvalue weighted by Gasteiger charge is -2.28. The van der Waals surface area contributed by atoms with Crippen molar-refractivity contribution in [3.8, 4) is 11.1 Å². The lowest BCUT2D eigenvalue weighted by Crippen LogP contribution is -2.37. The summed E-state index contributed by atoms with van der Waals surface area (Å²) in [7, 11) is 0. The topological polar surface area (TPSA) is 80.5 Å². The number of hydrogen-bond acceptors (Lipinski definition) is 4. The molecule has 2 aromatic rings. The number of rotatable bonds is 3. The number of halogens is 2. The number of carbonyl (C=O) groups is 2. The van der Waals surface area contributed by atoms with E-state index in [0.717, 1.165) is 17.5 Å². The molecule has 2 aliphatic carbocycles. The smallest absolute Gasteiger partial charge is 0.269 e. The van der Waals surface area contributed by atoms with E-state index in [1.54, 1.807) is 24.3 Å². The Kier molecular flexibility index (Phi) is 4.40.